The van der Waals surface area contributed by atoms with Crippen LogP contribution in [-0.4, -0.2) is 0 Å². The first-order valence-electron chi connectivity index (χ1n) is 9.14. The first-order chi connectivity index (χ1) is 11.0. The molecule has 3 aliphatic carbocycles. The summed E-state index contributed by atoms with van der Waals surface area (Å²) in [6.07, 6.45) is -0.474. The molecule has 0 spiro atoms. The van der Waals surface area contributed by atoms with E-state index in [4.69, 9.17) is 2.74 Å². The van der Waals surface area contributed by atoms with Gasteiger partial charge in [0.15, 0.2) is 0 Å². The van der Waals surface area contributed by atoms with Gasteiger partial charge in [0.1, 0.15) is 0 Å². The van der Waals surface area contributed by atoms with Gasteiger partial charge in [0.25, 0.3) is 0 Å². The minimum absolute atomic E-state index is 0.0389. The molecule has 0 N–H and O–H groups in total. The third-order valence-corrected chi connectivity index (χ3v) is 6.90. The second-order valence-corrected chi connectivity index (χ2v) is 7.41. The van der Waals surface area contributed by atoms with E-state index in [0.717, 1.165) is 0 Å². The highest BCUT2D eigenvalue weighted by molar-refractivity contribution is 5.65. The summed E-state index contributed by atoms with van der Waals surface area (Å²) < 4.78 is 17.0. The Morgan fingerprint density at radius 2 is 1.14 bits per heavy atom. The second kappa shape index (κ2) is 3.43. The van der Waals surface area contributed by atoms with Gasteiger partial charge in [-0.3, -0.25) is 0 Å². The lowest BCUT2D eigenvalue weighted by Crippen LogP contribution is -2.57. The predicted octanol–water partition coefficient (Wildman–Crippen LogP) is 4.94. The molecule has 106 valence electrons. The Labute approximate surface area is 130 Å². The van der Waals surface area contributed by atoms with Gasteiger partial charge in [-0.1, -0.05) is 74.5 Å². The molecule has 3 aliphatic rings. The van der Waals surface area contributed by atoms with Crippen LogP contribution in [0.1, 0.15) is 40.5 Å². The Morgan fingerprint density at radius 1 is 0.762 bits per heavy atom. The molecule has 0 heteroatoms. The first-order valence-corrected chi connectivity index (χ1v) is 7.98. The van der Waals surface area contributed by atoms with Crippen LogP contribution in [0.4, 0.5) is 0 Å². The summed E-state index contributed by atoms with van der Waals surface area (Å²) in [4.78, 5) is 0. The van der Waals surface area contributed by atoms with E-state index in [9.17, 15) is 0 Å². The smallest absolute Gasteiger partial charge is 0.0270 e. The highest BCUT2D eigenvalue weighted by Gasteiger charge is 2.96. The van der Waals surface area contributed by atoms with Crippen LogP contribution in [0.5, 0.6) is 0 Å². The van der Waals surface area contributed by atoms with E-state index in [1.807, 2.05) is 0 Å². The predicted molar refractivity (Wildman–Crippen MR) is 86.2 cm³/mol. The molecule has 5 rings (SSSR count). The maximum atomic E-state index is 8.48. The maximum Gasteiger partial charge on any atom is 0.0270 e. The van der Waals surface area contributed by atoms with Gasteiger partial charge in [-0.25, -0.2) is 0 Å². The average Bonchev–Trinajstić information content (AvgIpc) is 2.94. The Bertz CT molecular complexity index is 703. The number of hydrogen-bond acceptors (Lipinski definition) is 0. The molecule has 3 saturated carbocycles. The minimum atomic E-state index is -0.237. The molecule has 0 nitrogen and oxygen atoms in total. The highest BCUT2D eigenvalue weighted by atomic mass is 15.0. The Kier molecular flexibility index (Phi) is 1.67. The van der Waals surface area contributed by atoms with Crippen molar-refractivity contribution < 1.29 is 2.74 Å². The standard InChI is InChI=1S/C21H22/c1-19(2)20(15-9-5-3-6-10-15)17-13-14-18(17)21(19,20)16-11-7-4-8-12-16/h3-12,17-18H,13-14H2,1-2H3/i13D,14D. The van der Waals surface area contributed by atoms with Crippen molar-refractivity contribution in [1.29, 1.82) is 0 Å². The van der Waals surface area contributed by atoms with Crippen molar-refractivity contribution >= 4 is 0 Å². The van der Waals surface area contributed by atoms with Crippen LogP contribution >= 0.6 is 0 Å². The van der Waals surface area contributed by atoms with Gasteiger partial charge in [0, 0.05) is 13.6 Å². The summed E-state index contributed by atoms with van der Waals surface area (Å²) in [6, 6.07) is 21.6. The molecule has 0 bridgehead atoms. The molecule has 0 amide bonds. The Hall–Kier alpha value is -1.56. The Morgan fingerprint density at radius 3 is 1.52 bits per heavy atom. The SMILES string of the molecule is [2H]C1C([2H])C2C1C1(c3ccccc3)C(C)(C)C21c1ccccc1. The van der Waals surface area contributed by atoms with Gasteiger partial charge in [-0.15, -0.1) is 0 Å². The molecular weight excluding hydrogens is 252 g/mol. The van der Waals surface area contributed by atoms with Crippen molar-refractivity contribution in [3.8, 4) is 0 Å². The summed E-state index contributed by atoms with van der Waals surface area (Å²) in [5.74, 6) is 0.671. The monoisotopic (exact) mass is 276 g/mol. The van der Waals surface area contributed by atoms with E-state index in [0.29, 0.717) is 11.8 Å². The van der Waals surface area contributed by atoms with Crippen LogP contribution in [0.2, 0.25) is 0 Å². The van der Waals surface area contributed by atoms with Gasteiger partial charge in [0.05, 0.1) is 0 Å². The summed E-state index contributed by atoms with van der Waals surface area (Å²) in [5.41, 5.74) is 2.93. The molecule has 2 aromatic rings. The normalized spacial score (nSPS) is 49.6. The Balaban J connectivity index is 1.77. The summed E-state index contributed by atoms with van der Waals surface area (Å²) >= 11 is 0. The molecule has 2 aromatic carbocycles. The summed E-state index contributed by atoms with van der Waals surface area (Å²) in [6.45, 7) is 4.73. The van der Waals surface area contributed by atoms with E-state index in [2.05, 4.69) is 74.5 Å². The van der Waals surface area contributed by atoms with Crippen LogP contribution < -0.4 is 0 Å². The quantitative estimate of drug-likeness (QED) is 0.728. The van der Waals surface area contributed by atoms with Crippen molar-refractivity contribution in [1.82, 2.24) is 0 Å². The molecular formula is C21H22. The van der Waals surface area contributed by atoms with Crippen molar-refractivity contribution in [3.05, 3.63) is 71.8 Å². The van der Waals surface area contributed by atoms with E-state index in [-0.39, 0.29) is 29.0 Å². The lowest BCUT2D eigenvalue weighted by Gasteiger charge is -2.59. The van der Waals surface area contributed by atoms with Crippen LogP contribution in [0, 0.1) is 17.3 Å². The molecule has 0 radical (unpaired) electrons. The largest absolute Gasteiger partial charge is 0.0622 e. The fourth-order valence-corrected chi connectivity index (χ4v) is 6.33. The zero-order valence-electron chi connectivity index (χ0n) is 14.6. The van der Waals surface area contributed by atoms with Gasteiger partial charge in [-0.2, -0.15) is 0 Å². The van der Waals surface area contributed by atoms with Gasteiger partial charge in [0.2, 0.25) is 0 Å². The third-order valence-electron chi connectivity index (χ3n) is 6.90. The lowest BCUT2D eigenvalue weighted by molar-refractivity contribution is -0.0131. The van der Waals surface area contributed by atoms with Crippen LogP contribution in [0.15, 0.2) is 60.7 Å². The van der Waals surface area contributed by atoms with Crippen molar-refractivity contribution in [2.45, 2.75) is 37.5 Å². The molecule has 6 unspecified atom stereocenters. The number of rotatable bonds is 2. The topological polar surface area (TPSA) is 0 Å². The van der Waals surface area contributed by atoms with Gasteiger partial charge >= 0.3 is 0 Å². The molecule has 6 atom stereocenters. The lowest BCUT2D eigenvalue weighted by atomic mass is 9.44. The van der Waals surface area contributed by atoms with E-state index >= 15 is 0 Å². The van der Waals surface area contributed by atoms with Crippen molar-refractivity contribution in [2.75, 3.05) is 0 Å². The zero-order chi connectivity index (χ0) is 16.0. The minimum Gasteiger partial charge on any atom is -0.0622 e. The molecule has 0 aromatic heterocycles. The van der Waals surface area contributed by atoms with Gasteiger partial charge < -0.3 is 0 Å². The van der Waals surface area contributed by atoms with E-state index in [1.165, 1.54) is 11.1 Å². The number of hydrogen-bond donors (Lipinski definition) is 0. The van der Waals surface area contributed by atoms with E-state index in [1.54, 1.807) is 0 Å². The van der Waals surface area contributed by atoms with Crippen molar-refractivity contribution in [3.63, 3.8) is 0 Å². The average molecular weight is 276 g/mol. The molecule has 0 heterocycles. The first kappa shape index (κ1) is 10.2. The molecule has 3 fully saturated rings. The van der Waals surface area contributed by atoms with Gasteiger partial charge in [-0.05, 0) is 41.2 Å². The van der Waals surface area contributed by atoms with Crippen molar-refractivity contribution in [2.24, 2.45) is 17.3 Å². The van der Waals surface area contributed by atoms with Crippen LogP contribution in [0.25, 0.3) is 0 Å². The number of fused-ring (bicyclic) bond motifs is 4. The molecule has 0 aliphatic heterocycles. The fraction of sp³-hybridized carbons (Fsp3) is 0.429. The van der Waals surface area contributed by atoms with Crippen LogP contribution in [-0.2, 0) is 10.8 Å². The van der Waals surface area contributed by atoms with E-state index < -0.39 is 0 Å². The maximum absolute atomic E-state index is 8.48. The van der Waals surface area contributed by atoms with Crippen LogP contribution in [0.3, 0.4) is 0 Å². The fourth-order valence-electron chi connectivity index (χ4n) is 6.33. The highest BCUT2D eigenvalue weighted by Crippen LogP contribution is 2.96. The summed E-state index contributed by atoms with van der Waals surface area (Å²) in [7, 11) is 0. The number of benzene rings is 2. The summed E-state index contributed by atoms with van der Waals surface area (Å²) in [5, 5.41) is 0. The molecule has 21 heavy (non-hydrogen) atoms. The zero-order valence-corrected chi connectivity index (χ0v) is 12.6. The molecule has 0 saturated heterocycles. The second-order valence-electron chi connectivity index (χ2n) is 7.41. The third kappa shape index (κ3) is 0.950.